The minimum Gasteiger partial charge on any atom is -0.366 e. The van der Waals surface area contributed by atoms with Crippen LogP contribution in [-0.2, 0) is 0 Å². The average Bonchev–Trinajstić information content (AvgIpc) is 2.48. The van der Waals surface area contributed by atoms with Gasteiger partial charge in [0.2, 0.25) is 0 Å². The molecule has 0 bridgehead atoms. The fourth-order valence-corrected chi connectivity index (χ4v) is 1.60. The summed E-state index contributed by atoms with van der Waals surface area (Å²) in [4.78, 5) is 10.9. The number of aromatic nitrogens is 2. The van der Waals surface area contributed by atoms with E-state index in [0.717, 1.165) is 5.52 Å². The summed E-state index contributed by atoms with van der Waals surface area (Å²) >= 11 is 3.17. The van der Waals surface area contributed by atoms with Gasteiger partial charge in [-0.25, -0.2) is 4.52 Å². The van der Waals surface area contributed by atoms with Gasteiger partial charge < -0.3 is 5.73 Å². The highest BCUT2D eigenvalue weighted by molar-refractivity contribution is 9.10. The Bertz CT molecular complexity index is 477. The van der Waals surface area contributed by atoms with Crippen molar-refractivity contribution in [2.24, 2.45) is 5.73 Å². The van der Waals surface area contributed by atoms with Crippen molar-refractivity contribution in [1.82, 2.24) is 9.61 Å². The van der Waals surface area contributed by atoms with Gasteiger partial charge in [0, 0.05) is 6.20 Å². The van der Waals surface area contributed by atoms with Crippen LogP contribution in [0.1, 0.15) is 10.4 Å². The van der Waals surface area contributed by atoms with Crippen molar-refractivity contribution in [3.8, 4) is 0 Å². The van der Waals surface area contributed by atoms with Gasteiger partial charge in [-0.2, -0.15) is 5.10 Å². The SMILES string of the molecule is NC(=O)c1cc2cccn2nc1Br. The molecular formula is C8H6BrN3O. The van der Waals surface area contributed by atoms with Crippen molar-refractivity contribution in [3.05, 3.63) is 34.6 Å². The second kappa shape index (κ2) is 2.85. The molecule has 0 saturated carbocycles. The molecular weight excluding hydrogens is 234 g/mol. The first-order valence-electron chi connectivity index (χ1n) is 3.62. The summed E-state index contributed by atoms with van der Waals surface area (Å²) in [7, 11) is 0. The lowest BCUT2D eigenvalue weighted by Crippen LogP contribution is -2.13. The van der Waals surface area contributed by atoms with E-state index < -0.39 is 5.91 Å². The zero-order valence-corrected chi connectivity index (χ0v) is 8.15. The van der Waals surface area contributed by atoms with Crippen LogP contribution in [0.4, 0.5) is 0 Å². The molecule has 0 aliphatic heterocycles. The molecule has 0 aliphatic carbocycles. The monoisotopic (exact) mass is 239 g/mol. The van der Waals surface area contributed by atoms with Crippen molar-refractivity contribution < 1.29 is 4.79 Å². The van der Waals surface area contributed by atoms with Gasteiger partial charge in [-0.05, 0) is 34.1 Å². The van der Waals surface area contributed by atoms with E-state index in [2.05, 4.69) is 21.0 Å². The van der Waals surface area contributed by atoms with E-state index in [-0.39, 0.29) is 0 Å². The summed E-state index contributed by atoms with van der Waals surface area (Å²) in [5.41, 5.74) is 6.40. The van der Waals surface area contributed by atoms with Gasteiger partial charge in [-0.1, -0.05) is 0 Å². The van der Waals surface area contributed by atoms with E-state index in [9.17, 15) is 4.79 Å². The summed E-state index contributed by atoms with van der Waals surface area (Å²) in [5, 5.41) is 4.09. The third kappa shape index (κ3) is 1.31. The fraction of sp³-hybridized carbons (Fsp3) is 0. The number of amides is 1. The van der Waals surface area contributed by atoms with Gasteiger partial charge in [-0.3, -0.25) is 4.79 Å². The number of nitrogens with zero attached hydrogens (tertiary/aromatic N) is 2. The van der Waals surface area contributed by atoms with Crippen LogP contribution in [0.2, 0.25) is 0 Å². The number of primary amides is 1. The van der Waals surface area contributed by atoms with Crippen molar-refractivity contribution in [2.75, 3.05) is 0 Å². The highest BCUT2D eigenvalue weighted by atomic mass is 79.9. The summed E-state index contributed by atoms with van der Waals surface area (Å²) < 4.78 is 2.12. The molecule has 0 atom stereocenters. The number of nitrogens with two attached hydrogens (primary N) is 1. The number of carbonyl (C=O) groups excluding carboxylic acids is 1. The van der Waals surface area contributed by atoms with Crippen LogP contribution in [0.3, 0.4) is 0 Å². The van der Waals surface area contributed by atoms with Crippen molar-refractivity contribution in [1.29, 1.82) is 0 Å². The van der Waals surface area contributed by atoms with Gasteiger partial charge in [0.25, 0.3) is 5.91 Å². The molecule has 2 rings (SSSR count). The lowest BCUT2D eigenvalue weighted by molar-refractivity contribution is 0.0999. The number of halogens is 1. The second-order valence-electron chi connectivity index (χ2n) is 2.59. The molecule has 66 valence electrons. The van der Waals surface area contributed by atoms with Gasteiger partial charge in [0.05, 0.1) is 11.1 Å². The Kier molecular flexibility index (Phi) is 1.81. The molecule has 0 unspecified atom stereocenters. The van der Waals surface area contributed by atoms with E-state index >= 15 is 0 Å². The first-order chi connectivity index (χ1) is 6.18. The Morgan fingerprint density at radius 1 is 1.62 bits per heavy atom. The maximum absolute atomic E-state index is 10.9. The molecule has 2 aromatic rings. The summed E-state index contributed by atoms with van der Waals surface area (Å²) in [5.74, 6) is -0.483. The van der Waals surface area contributed by atoms with Crippen LogP contribution in [0.25, 0.3) is 5.52 Å². The summed E-state index contributed by atoms with van der Waals surface area (Å²) in [6, 6.07) is 5.39. The zero-order chi connectivity index (χ0) is 9.42. The molecule has 0 radical (unpaired) electrons. The second-order valence-corrected chi connectivity index (χ2v) is 3.34. The molecule has 2 N–H and O–H groups in total. The van der Waals surface area contributed by atoms with Crippen LogP contribution < -0.4 is 5.73 Å². The van der Waals surface area contributed by atoms with Crippen molar-refractivity contribution in [3.63, 3.8) is 0 Å². The maximum Gasteiger partial charge on any atom is 0.251 e. The van der Waals surface area contributed by atoms with Crippen LogP contribution in [0.15, 0.2) is 29.0 Å². The normalized spacial score (nSPS) is 10.5. The Balaban J connectivity index is 2.76. The molecule has 0 spiro atoms. The van der Waals surface area contributed by atoms with Crippen LogP contribution in [0, 0.1) is 0 Å². The molecule has 2 heterocycles. The third-order valence-electron chi connectivity index (χ3n) is 1.73. The molecule has 0 saturated heterocycles. The van der Waals surface area contributed by atoms with Gasteiger partial charge in [-0.15, -0.1) is 0 Å². The molecule has 5 heteroatoms. The topological polar surface area (TPSA) is 60.4 Å². The van der Waals surface area contributed by atoms with Crippen LogP contribution >= 0.6 is 15.9 Å². The summed E-state index contributed by atoms with van der Waals surface area (Å²) in [6.45, 7) is 0. The fourth-order valence-electron chi connectivity index (χ4n) is 1.12. The van der Waals surface area contributed by atoms with Crippen molar-refractivity contribution >= 4 is 27.4 Å². The zero-order valence-electron chi connectivity index (χ0n) is 6.57. The Hall–Kier alpha value is -1.36. The Morgan fingerprint density at radius 3 is 3.08 bits per heavy atom. The minimum atomic E-state index is -0.483. The predicted octanol–water partition coefficient (Wildman–Crippen LogP) is 1.20. The van der Waals surface area contributed by atoms with Crippen molar-refractivity contribution in [2.45, 2.75) is 0 Å². The largest absolute Gasteiger partial charge is 0.366 e. The first kappa shape index (κ1) is 8.25. The standard InChI is InChI=1S/C8H6BrN3O/c9-7-6(8(10)13)4-5-2-1-3-12(5)11-7/h1-4H,(H2,10,13). The quantitative estimate of drug-likeness (QED) is 0.813. The van der Waals surface area contributed by atoms with E-state index in [4.69, 9.17) is 5.73 Å². The molecule has 0 aliphatic rings. The molecule has 13 heavy (non-hydrogen) atoms. The van der Waals surface area contributed by atoms with Gasteiger partial charge in [0.15, 0.2) is 0 Å². The lowest BCUT2D eigenvalue weighted by Gasteiger charge is -2.00. The predicted molar refractivity (Wildman–Crippen MR) is 51.4 cm³/mol. The van der Waals surface area contributed by atoms with Gasteiger partial charge in [0.1, 0.15) is 4.60 Å². The van der Waals surface area contributed by atoms with E-state index in [1.165, 1.54) is 0 Å². The summed E-state index contributed by atoms with van der Waals surface area (Å²) in [6.07, 6.45) is 1.80. The first-order valence-corrected chi connectivity index (χ1v) is 4.41. The lowest BCUT2D eigenvalue weighted by atomic mass is 10.3. The molecule has 1 amide bonds. The Morgan fingerprint density at radius 2 is 2.38 bits per heavy atom. The number of rotatable bonds is 1. The highest BCUT2D eigenvalue weighted by Crippen LogP contribution is 2.15. The third-order valence-corrected chi connectivity index (χ3v) is 2.32. The molecule has 0 aromatic carbocycles. The average molecular weight is 240 g/mol. The number of hydrogen-bond donors (Lipinski definition) is 1. The number of carbonyl (C=O) groups is 1. The number of hydrogen-bond acceptors (Lipinski definition) is 2. The minimum absolute atomic E-state index is 0.395. The van der Waals surface area contributed by atoms with E-state index in [1.807, 2.05) is 12.1 Å². The van der Waals surface area contributed by atoms with E-state index in [0.29, 0.717) is 10.2 Å². The number of fused-ring (bicyclic) bond motifs is 1. The Labute approximate surface area is 82.5 Å². The van der Waals surface area contributed by atoms with Gasteiger partial charge >= 0.3 is 0 Å². The molecule has 4 nitrogen and oxygen atoms in total. The highest BCUT2D eigenvalue weighted by Gasteiger charge is 2.08. The smallest absolute Gasteiger partial charge is 0.251 e. The maximum atomic E-state index is 10.9. The van der Waals surface area contributed by atoms with E-state index in [1.54, 1.807) is 16.8 Å². The molecule has 2 aromatic heterocycles. The van der Waals surface area contributed by atoms with Crippen LogP contribution in [-0.4, -0.2) is 15.5 Å². The molecule has 0 fully saturated rings. The van der Waals surface area contributed by atoms with Crippen LogP contribution in [0.5, 0.6) is 0 Å².